The van der Waals surface area contributed by atoms with Gasteiger partial charge in [0.1, 0.15) is 6.61 Å². The first-order chi connectivity index (χ1) is 7.26. The maximum atomic E-state index is 11.4. The Morgan fingerprint density at radius 1 is 1.53 bits per heavy atom. The van der Waals surface area contributed by atoms with Crippen molar-refractivity contribution in [3.05, 3.63) is 0 Å². The SMILES string of the molecule is CCSCC(OC=O)C(=O)OCCSC. The molecular weight excluding hydrogens is 236 g/mol. The number of hydrogen-bond acceptors (Lipinski definition) is 6. The normalized spacial score (nSPS) is 11.9. The zero-order valence-electron chi connectivity index (χ0n) is 8.93. The van der Waals surface area contributed by atoms with Crippen LogP contribution in [0.25, 0.3) is 0 Å². The van der Waals surface area contributed by atoms with E-state index in [0.717, 1.165) is 11.5 Å². The van der Waals surface area contributed by atoms with E-state index >= 15 is 0 Å². The first kappa shape index (κ1) is 14.6. The number of ether oxygens (including phenoxy) is 2. The summed E-state index contributed by atoms with van der Waals surface area (Å²) in [6.07, 6.45) is 1.16. The molecule has 0 bridgehead atoms. The highest BCUT2D eigenvalue weighted by molar-refractivity contribution is 7.99. The van der Waals surface area contributed by atoms with Gasteiger partial charge in [-0.1, -0.05) is 6.92 Å². The van der Waals surface area contributed by atoms with Gasteiger partial charge in [0.05, 0.1) is 0 Å². The lowest BCUT2D eigenvalue weighted by molar-refractivity contribution is -0.159. The molecule has 6 heteroatoms. The van der Waals surface area contributed by atoms with E-state index in [4.69, 9.17) is 4.74 Å². The molecule has 0 heterocycles. The summed E-state index contributed by atoms with van der Waals surface area (Å²) in [5, 5.41) is 0. The zero-order valence-corrected chi connectivity index (χ0v) is 10.6. The average molecular weight is 252 g/mol. The highest BCUT2D eigenvalue weighted by atomic mass is 32.2. The largest absolute Gasteiger partial charge is 0.462 e. The van der Waals surface area contributed by atoms with Gasteiger partial charge in [0.2, 0.25) is 6.10 Å². The molecule has 1 atom stereocenters. The molecule has 0 spiro atoms. The molecule has 0 fully saturated rings. The van der Waals surface area contributed by atoms with Crippen LogP contribution in [-0.4, -0.2) is 48.7 Å². The summed E-state index contributed by atoms with van der Waals surface area (Å²) >= 11 is 3.13. The van der Waals surface area contributed by atoms with Gasteiger partial charge in [0.15, 0.2) is 0 Å². The Morgan fingerprint density at radius 3 is 2.80 bits per heavy atom. The maximum Gasteiger partial charge on any atom is 0.348 e. The van der Waals surface area contributed by atoms with Crippen molar-refractivity contribution in [3.63, 3.8) is 0 Å². The highest BCUT2D eigenvalue weighted by Gasteiger charge is 2.20. The molecule has 1 unspecified atom stereocenters. The summed E-state index contributed by atoms with van der Waals surface area (Å²) in [5.74, 6) is 1.61. The van der Waals surface area contributed by atoms with E-state index in [1.807, 2.05) is 13.2 Å². The third-order valence-corrected chi connectivity index (χ3v) is 3.01. The quantitative estimate of drug-likeness (QED) is 0.349. The van der Waals surface area contributed by atoms with Crippen molar-refractivity contribution in [3.8, 4) is 0 Å². The van der Waals surface area contributed by atoms with Gasteiger partial charge >= 0.3 is 5.97 Å². The minimum Gasteiger partial charge on any atom is -0.462 e. The fourth-order valence-corrected chi connectivity index (χ4v) is 1.69. The first-order valence-electron chi connectivity index (χ1n) is 4.58. The van der Waals surface area contributed by atoms with Crippen LogP contribution >= 0.6 is 23.5 Å². The van der Waals surface area contributed by atoms with Crippen molar-refractivity contribution in [1.82, 2.24) is 0 Å². The lowest BCUT2D eigenvalue weighted by Gasteiger charge is -2.13. The standard InChI is InChI=1S/C9H16O4S2/c1-3-15-6-8(13-7-10)9(11)12-4-5-14-2/h7-8H,3-6H2,1-2H3. The zero-order chi connectivity index (χ0) is 11.5. The topological polar surface area (TPSA) is 52.6 Å². The monoisotopic (exact) mass is 252 g/mol. The number of carbonyl (C=O) groups excluding carboxylic acids is 2. The molecule has 0 aromatic carbocycles. The molecule has 0 N–H and O–H groups in total. The maximum absolute atomic E-state index is 11.4. The molecule has 88 valence electrons. The van der Waals surface area contributed by atoms with Gasteiger partial charge in [-0.3, -0.25) is 4.79 Å². The molecule has 15 heavy (non-hydrogen) atoms. The molecule has 0 aromatic heterocycles. The Balaban J connectivity index is 3.86. The molecule has 0 rings (SSSR count). The Morgan fingerprint density at radius 2 is 2.27 bits per heavy atom. The first-order valence-corrected chi connectivity index (χ1v) is 7.13. The molecule has 0 saturated carbocycles. The molecule has 0 radical (unpaired) electrons. The van der Waals surface area contributed by atoms with Gasteiger partial charge in [0, 0.05) is 11.5 Å². The minimum atomic E-state index is -0.769. The van der Waals surface area contributed by atoms with Crippen LogP contribution in [0.5, 0.6) is 0 Å². The number of thioether (sulfide) groups is 2. The van der Waals surface area contributed by atoms with Gasteiger partial charge in [-0.05, 0) is 12.0 Å². The van der Waals surface area contributed by atoms with E-state index in [2.05, 4.69) is 4.74 Å². The van der Waals surface area contributed by atoms with E-state index < -0.39 is 12.1 Å². The van der Waals surface area contributed by atoms with Gasteiger partial charge in [-0.15, -0.1) is 0 Å². The molecule has 0 aliphatic carbocycles. The number of rotatable bonds is 9. The van der Waals surface area contributed by atoms with Crippen molar-refractivity contribution < 1.29 is 19.1 Å². The average Bonchev–Trinajstić information content (AvgIpc) is 2.24. The molecule has 0 aromatic rings. The molecule has 0 amide bonds. The van der Waals surface area contributed by atoms with Crippen molar-refractivity contribution in [2.75, 3.05) is 30.1 Å². The smallest absolute Gasteiger partial charge is 0.348 e. The second-order valence-corrected chi connectivity index (χ2v) is 4.85. The highest BCUT2D eigenvalue weighted by Crippen LogP contribution is 2.06. The molecule has 0 saturated heterocycles. The lowest BCUT2D eigenvalue weighted by atomic mass is 10.4. The van der Waals surface area contributed by atoms with Gasteiger partial charge < -0.3 is 9.47 Å². The van der Waals surface area contributed by atoms with Crippen LogP contribution < -0.4 is 0 Å². The second kappa shape index (κ2) is 10.2. The number of hydrogen-bond donors (Lipinski definition) is 0. The number of esters is 1. The summed E-state index contributed by atoms with van der Waals surface area (Å²) in [5.41, 5.74) is 0. The Hall–Kier alpha value is -0.360. The summed E-state index contributed by atoms with van der Waals surface area (Å²) in [4.78, 5) is 21.6. The van der Waals surface area contributed by atoms with Crippen molar-refractivity contribution in [2.24, 2.45) is 0 Å². The summed E-state index contributed by atoms with van der Waals surface area (Å²) in [6, 6.07) is 0. The Bertz CT molecular complexity index is 187. The summed E-state index contributed by atoms with van der Waals surface area (Å²) in [7, 11) is 0. The molecule has 0 aliphatic rings. The third-order valence-electron chi connectivity index (χ3n) is 1.49. The van der Waals surface area contributed by atoms with Crippen LogP contribution in [0.4, 0.5) is 0 Å². The number of carbonyl (C=O) groups is 2. The predicted octanol–water partition coefficient (Wildman–Crippen LogP) is 1.19. The van der Waals surface area contributed by atoms with Crippen LogP contribution in [0.3, 0.4) is 0 Å². The van der Waals surface area contributed by atoms with Crippen LogP contribution in [0.15, 0.2) is 0 Å². The van der Waals surface area contributed by atoms with Crippen LogP contribution in [0.1, 0.15) is 6.92 Å². The molecule has 4 nitrogen and oxygen atoms in total. The van der Waals surface area contributed by atoms with E-state index in [0.29, 0.717) is 12.4 Å². The third kappa shape index (κ3) is 7.56. The van der Waals surface area contributed by atoms with Crippen molar-refractivity contribution >= 4 is 36.0 Å². The van der Waals surface area contributed by atoms with Crippen LogP contribution in [-0.2, 0) is 19.1 Å². The predicted molar refractivity (Wildman–Crippen MR) is 63.3 cm³/mol. The van der Waals surface area contributed by atoms with Gasteiger partial charge in [-0.2, -0.15) is 23.5 Å². The second-order valence-electron chi connectivity index (χ2n) is 2.54. The van der Waals surface area contributed by atoms with E-state index in [1.54, 1.807) is 11.8 Å². The minimum absolute atomic E-state index is 0.288. The molecular formula is C9H16O4S2. The summed E-state index contributed by atoms with van der Waals surface area (Å²) < 4.78 is 9.59. The van der Waals surface area contributed by atoms with Crippen molar-refractivity contribution in [2.45, 2.75) is 13.0 Å². The van der Waals surface area contributed by atoms with E-state index in [1.165, 1.54) is 11.8 Å². The fraction of sp³-hybridized carbons (Fsp3) is 0.778. The van der Waals surface area contributed by atoms with Crippen LogP contribution in [0.2, 0.25) is 0 Å². The lowest BCUT2D eigenvalue weighted by Crippen LogP contribution is -2.29. The van der Waals surface area contributed by atoms with Crippen LogP contribution in [0, 0.1) is 0 Å². The fourth-order valence-electron chi connectivity index (χ4n) is 0.773. The van der Waals surface area contributed by atoms with Crippen molar-refractivity contribution in [1.29, 1.82) is 0 Å². The van der Waals surface area contributed by atoms with Gasteiger partial charge in [-0.25, -0.2) is 4.79 Å². The Labute approximate surface area is 98.5 Å². The summed E-state index contributed by atoms with van der Waals surface area (Å²) in [6.45, 7) is 2.62. The Kier molecular flexibility index (Phi) is 9.92. The van der Waals surface area contributed by atoms with E-state index in [9.17, 15) is 9.59 Å². The van der Waals surface area contributed by atoms with Gasteiger partial charge in [0.25, 0.3) is 6.47 Å². The molecule has 0 aliphatic heterocycles. The van der Waals surface area contributed by atoms with E-state index in [-0.39, 0.29) is 6.47 Å².